The van der Waals surface area contributed by atoms with Crippen LogP contribution in [0.2, 0.25) is 0 Å². The molecule has 2 N–H and O–H groups in total. The fraction of sp³-hybridized carbons (Fsp3) is 0.467. The Balaban J connectivity index is 2.49. The van der Waals surface area contributed by atoms with E-state index in [0.29, 0.717) is 43.2 Å². The van der Waals surface area contributed by atoms with Crippen LogP contribution in [-0.4, -0.2) is 26.3 Å². The third kappa shape index (κ3) is 9.85. The van der Waals surface area contributed by atoms with E-state index >= 15 is 0 Å². The van der Waals surface area contributed by atoms with Gasteiger partial charge in [0.1, 0.15) is 11.5 Å². The second-order valence-electron chi connectivity index (χ2n) is 10.5. The lowest BCUT2D eigenvalue weighted by Gasteiger charge is -2.18. The zero-order valence-corrected chi connectivity index (χ0v) is 22.0. The van der Waals surface area contributed by atoms with Crippen LogP contribution < -0.4 is 15.2 Å². The zero-order valence-electron chi connectivity index (χ0n) is 22.0. The Kier molecular flexibility index (Phi) is 10.4. The zero-order chi connectivity index (χ0) is 25.9. The molecule has 0 aromatic heterocycles. The molecule has 35 heavy (non-hydrogen) atoms. The van der Waals surface area contributed by atoms with E-state index in [1.165, 1.54) is 5.56 Å². The molecule has 186 valence electrons. The maximum absolute atomic E-state index is 10.5. The van der Waals surface area contributed by atoms with E-state index in [1.54, 1.807) is 0 Å². The summed E-state index contributed by atoms with van der Waals surface area (Å²) in [6, 6.07) is 12.0. The lowest BCUT2D eigenvalue weighted by molar-refractivity contribution is 0.303. The van der Waals surface area contributed by atoms with Crippen molar-refractivity contribution in [3.8, 4) is 35.2 Å². The molecule has 0 radical (unpaired) electrons. The average molecular weight is 475 g/mol. The van der Waals surface area contributed by atoms with Crippen LogP contribution >= 0.6 is 0 Å². The predicted molar refractivity (Wildman–Crippen MR) is 144 cm³/mol. The van der Waals surface area contributed by atoms with Crippen LogP contribution in [0.1, 0.15) is 76.6 Å². The molecule has 2 rings (SSSR count). The van der Waals surface area contributed by atoms with Crippen molar-refractivity contribution in [2.75, 3.05) is 26.3 Å². The van der Waals surface area contributed by atoms with Crippen molar-refractivity contribution in [3.05, 3.63) is 63.6 Å². The van der Waals surface area contributed by atoms with Crippen LogP contribution in [0.4, 0.5) is 0 Å². The highest BCUT2D eigenvalue weighted by Gasteiger charge is 2.14. The molecule has 0 saturated heterocycles. The smallest absolute Gasteiger partial charge is 0.136 e. The molecular weight excluding hydrogens is 436 g/mol. The van der Waals surface area contributed by atoms with E-state index in [4.69, 9.17) is 15.2 Å². The van der Waals surface area contributed by atoms with Gasteiger partial charge in [0.05, 0.1) is 30.9 Å². The van der Waals surface area contributed by atoms with Crippen molar-refractivity contribution >= 4 is 0 Å². The molecule has 0 atom stereocenters. The maximum atomic E-state index is 10.5. The van der Waals surface area contributed by atoms with E-state index in [9.17, 15) is 4.91 Å². The first-order valence-electron chi connectivity index (χ1n) is 12.1. The summed E-state index contributed by atoms with van der Waals surface area (Å²) in [6.45, 7) is 14.4. The summed E-state index contributed by atoms with van der Waals surface area (Å²) < 4.78 is 12.0. The first-order chi connectivity index (χ1) is 16.5. The van der Waals surface area contributed by atoms with Crippen molar-refractivity contribution in [2.24, 2.45) is 16.3 Å². The molecule has 0 aliphatic rings. The number of nitroso groups, excluding NO2 is 1. The molecule has 0 amide bonds. The lowest BCUT2D eigenvalue weighted by Crippen LogP contribution is -2.10. The molecule has 0 spiro atoms. The average Bonchev–Trinajstić information content (AvgIpc) is 2.79. The first kappa shape index (κ1) is 28.0. The Morgan fingerprint density at radius 2 is 1.40 bits per heavy atom. The van der Waals surface area contributed by atoms with E-state index in [1.807, 2.05) is 24.3 Å². The van der Waals surface area contributed by atoms with Crippen LogP contribution in [0.5, 0.6) is 11.5 Å². The van der Waals surface area contributed by atoms with Gasteiger partial charge in [0.15, 0.2) is 0 Å². The highest BCUT2D eigenvalue weighted by Crippen LogP contribution is 2.29. The van der Waals surface area contributed by atoms with Gasteiger partial charge in [-0.25, -0.2) is 0 Å². The molecule has 5 heteroatoms. The molecule has 0 bridgehead atoms. The van der Waals surface area contributed by atoms with Gasteiger partial charge < -0.3 is 15.2 Å². The van der Waals surface area contributed by atoms with E-state index in [0.717, 1.165) is 17.5 Å². The second-order valence-corrected chi connectivity index (χ2v) is 10.5. The molecule has 2 aromatic rings. The fourth-order valence-electron chi connectivity index (χ4n) is 3.02. The topological polar surface area (TPSA) is 73.9 Å². The van der Waals surface area contributed by atoms with Crippen molar-refractivity contribution in [3.63, 3.8) is 0 Å². The number of nitrogens with two attached hydrogens (primary N) is 1. The summed E-state index contributed by atoms with van der Waals surface area (Å²) >= 11 is 0. The SMILES string of the molecule is CC(C)(C)C#Cc1cc(OCCCN=O)c(C#Cc2ccc(C(C)(C)C)cc2)cc1OCCCN. The number of hydrogen-bond donors (Lipinski definition) is 1. The molecule has 0 aliphatic heterocycles. The van der Waals surface area contributed by atoms with Crippen LogP contribution in [0.15, 0.2) is 41.6 Å². The molecular formula is C30H38N2O3. The monoisotopic (exact) mass is 474 g/mol. The number of hydrogen-bond acceptors (Lipinski definition) is 5. The van der Waals surface area contributed by atoms with E-state index in [-0.39, 0.29) is 17.4 Å². The molecule has 0 heterocycles. The second kappa shape index (κ2) is 13.0. The number of nitrogens with zero attached hydrogens (tertiary/aromatic N) is 1. The predicted octanol–water partition coefficient (Wildman–Crippen LogP) is 6.04. The minimum atomic E-state index is -0.164. The summed E-state index contributed by atoms with van der Waals surface area (Å²) in [4.78, 5) is 10.5. The Bertz CT molecular complexity index is 1100. The third-order valence-electron chi connectivity index (χ3n) is 5.00. The minimum Gasteiger partial charge on any atom is -0.492 e. The fourth-order valence-corrected chi connectivity index (χ4v) is 3.02. The molecule has 5 nitrogen and oxygen atoms in total. The largest absolute Gasteiger partial charge is 0.492 e. The first-order valence-corrected chi connectivity index (χ1v) is 12.1. The minimum absolute atomic E-state index is 0.0863. The highest BCUT2D eigenvalue weighted by atomic mass is 16.5. The Morgan fingerprint density at radius 3 is 1.91 bits per heavy atom. The Morgan fingerprint density at radius 1 is 0.829 bits per heavy atom. The number of benzene rings is 2. The van der Waals surface area contributed by atoms with E-state index in [2.05, 4.69) is 82.5 Å². The highest BCUT2D eigenvalue weighted by molar-refractivity contribution is 5.60. The standard InChI is InChI=1S/C30H38N2O3/c1-29(2,3)16-15-25-22-27(35-20-8-18-32-33)24(21-28(25)34-19-7-17-31)12-9-23-10-13-26(14-11-23)30(4,5)6/h10-11,13-14,21-22H,7-8,17-20,31H2,1-6H3. The molecule has 2 aromatic carbocycles. The van der Waals surface area contributed by atoms with Gasteiger partial charge >= 0.3 is 0 Å². The maximum Gasteiger partial charge on any atom is 0.136 e. The van der Waals surface area contributed by atoms with Gasteiger partial charge in [-0.2, -0.15) is 4.91 Å². The summed E-state index contributed by atoms with van der Waals surface area (Å²) in [7, 11) is 0. The van der Waals surface area contributed by atoms with Gasteiger partial charge in [-0.1, -0.05) is 61.8 Å². The van der Waals surface area contributed by atoms with Crippen LogP contribution in [-0.2, 0) is 5.41 Å². The van der Waals surface area contributed by atoms with Crippen molar-refractivity contribution in [1.29, 1.82) is 0 Å². The summed E-state index contributed by atoms with van der Waals surface area (Å²) in [5.74, 6) is 14.3. The van der Waals surface area contributed by atoms with Crippen LogP contribution in [0, 0.1) is 34.0 Å². The van der Waals surface area contributed by atoms with Crippen molar-refractivity contribution in [1.82, 2.24) is 0 Å². The molecule has 0 fully saturated rings. The van der Waals surface area contributed by atoms with Crippen molar-refractivity contribution < 1.29 is 9.47 Å². The van der Waals surface area contributed by atoms with Gasteiger partial charge in [-0.15, -0.1) is 0 Å². The van der Waals surface area contributed by atoms with Gasteiger partial charge in [-0.3, -0.25) is 0 Å². The quantitative estimate of drug-likeness (QED) is 0.273. The normalized spacial score (nSPS) is 11.1. The number of ether oxygens (including phenoxy) is 2. The summed E-state index contributed by atoms with van der Waals surface area (Å²) in [6.07, 6.45) is 1.27. The van der Waals surface area contributed by atoms with Crippen molar-refractivity contribution in [2.45, 2.75) is 59.8 Å². The molecule has 0 saturated carbocycles. The summed E-state index contributed by atoms with van der Waals surface area (Å²) in [5, 5.41) is 2.91. The van der Waals surface area contributed by atoms with Crippen LogP contribution in [0.3, 0.4) is 0 Å². The lowest BCUT2D eigenvalue weighted by atomic mass is 9.87. The molecule has 0 aliphatic carbocycles. The third-order valence-corrected chi connectivity index (χ3v) is 5.00. The van der Waals surface area contributed by atoms with E-state index < -0.39 is 0 Å². The van der Waals surface area contributed by atoms with Gasteiger partial charge in [0.25, 0.3) is 0 Å². The van der Waals surface area contributed by atoms with Crippen LogP contribution in [0.25, 0.3) is 0 Å². The Hall–Kier alpha value is -3.28. The molecule has 0 unspecified atom stereocenters. The Labute approximate surface area is 210 Å². The van der Waals surface area contributed by atoms with Gasteiger partial charge in [-0.05, 0) is 56.8 Å². The van der Waals surface area contributed by atoms with Gasteiger partial charge in [0.2, 0.25) is 0 Å². The number of rotatable bonds is 9. The summed E-state index contributed by atoms with van der Waals surface area (Å²) in [5.41, 5.74) is 9.18. The van der Waals surface area contributed by atoms with Gasteiger partial charge in [0, 0.05) is 29.5 Å².